The van der Waals surface area contributed by atoms with Crippen molar-refractivity contribution < 1.29 is 9.18 Å². The molecule has 5 nitrogen and oxygen atoms in total. The van der Waals surface area contributed by atoms with Crippen LogP contribution in [0.4, 0.5) is 4.39 Å². The number of rotatable bonds is 6. The summed E-state index contributed by atoms with van der Waals surface area (Å²) < 4.78 is 13.5. The summed E-state index contributed by atoms with van der Waals surface area (Å²) in [5.41, 5.74) is 0.522. The average molecular weight is 294 g/mol. The summed E-state index contributed by atoms with van der Waals surface area (Å²) in [6, 6.07) is 6.52. The van der Waals surface area contributed by atoms with Crippen LogP contribution in [0.15, 0.2) is 29.3 Å². The molecule has 0 saturated carbocycles. The van der Waals surface area contributed by atoms with E-state index in [1.807, 2.05) is 6.92 Å². The monoisotopic (exact) mass is 294 g/mol. The van der Waals surface area contributed by atoms with Gasteiger partial charge in [0.2, 0.25) is 5.91 Å². The van der Waals surface area contributed by atoms with Crippen LogP contribution in [0.3, 0.4) is 0 Å². The Labute approximate surface area is 125 Å². The maximum Gasteiger partial charge on any atom is 0.241 e. The van der Waals surface area contributed by atoms with Gasteiger partial charge in [0.1, 0.15) is 5.82 Å². The fourth-order valence-corrected chi connectivity index (χ4v) is 1.53. The van der Waals surface area contributed by atoms with Crippen molar-refractivity contribution >= 4 is 11.9 Å². The molecule has 116 valence electrons. The molecular weight excluding hydrogens is 271 g/mol. The summed E-state index contributed by atoms with van der Waals surface area (Å²) >= 11 is 0. The summed E-state index contributed by atoms with van der Waals surface area (Å²) in [5.74, 6) is 0.183. The van der Waals surface area contributed by atoms with Crippen molar-refractivity contribution in [2.24, 2.45) is 4.99 Å². The zero-order chi connectivity index (χ0) is 15.7. The zero-order valence-corrected chi connectivity index (χ0v) is 12.8. The van der Waals surface area contributed by atoms with Crippen molar-refractivity contribution in [3.8, 4) is 0 Å². The molecule has 1 rings (SSSR count). The van der Waals surface area contributed by atoms with Crippen molar-refractivity contribution in [1.82, 2.24) is 15.5 Å². The van der Waals surface area contributed by atoms with E-state index >= 15 is 0 Å². The van der Waals surface area contributed by atoms with Crippen molar-refractivity contribution in [3.05, 3.63) is 35.6 Å². The number of nitrogens with zero attached hydrogens (tertiary/aromatic N) is 2. The number of benzene rings is 1. The first-order valence-electron chi connectivity index (χ1n) is 7.00. The van der Waals surface area contributed by atoms with E-state index in [4.69, 9.17) is 0 Å². The maximum atomic E-state index is 13.5. The average Bonchev–Trinajstić information content (AvgIpc) is 2.47. The molecule has 2 N–H and O–H groups in total. The zero-order valence-electron chi connectivity index (χ0n) is 12.8. The maximum absolute atomic E-state index is 13.5. The Kier molecular flexibility index (Phi) is 7.21. The molecule has 1 amide bonds. The first-order chi connectivity index (χ1) is 10.0. The van der Waals surface area contributed by atoms with Gasteiger partial charge in [-0.25, -0.2) is 9.38 Å². The smallest absolute Gasteiger partial charge is 0.241 e. The van der Waals surface area contributed by atoms with Gasteiger partial charge in [-0.2, -0.15) is 0 Å². The van der Waals surface area contributed by atoms with Gasteiger partial charge in [-0.3, -0.25) is 4.79 Å². The lowest BCUT2D eigenvalue weighted by Gasteiger charge is -2.14. The van der Waals surface area contributed by atoms with Crippen LogP contribution in [-0.4, -0.2) is 44.0 Å². The van der Waals surface area contributed by atoms with Crippen molar-refractivity contribution in [3.63, 3.8) is 0 Å². The fraction of sp³-hybridized carbons (Fsp3) is 0.467. The predicted octanol–water partition coefficient (Wildman–Crippen LogP) is 1.36. The number of carbonyl (C=O) groups excluding carboxylic acids is 1. The molecule has 6 heteroatoms. The molecule has 1 aromatic rings. The number of nitrogens with one attached hydrogen (secondary N) is 2. The van der Waals surface area contributed by atoms with Gasteiger partial charge in [0.05, 0.1) is 13.1 Å². The molecule has 0 unspecified atom stereocenters. The number of guanidine groups is 1. The number of halogens is 1. The van der Waals surface area contributed by atoms with E-state index in [-0.39, 0.29) is 24.8 Å². The highest BCUT2D eigenvalue weighted by atomic mass is 19.1. The highest BCUT2D eigenvalue weighted by Crippen LogP contribution is 2.07. The van der Waals surface area contributed by atoms with Gasteiger partial charge in [-0.05, 0) is 12.5 Å². The third-order valence-corrected chi connectivity index (χ3v) is 2.81. The van der Waals surface area contributed by atoms with Crippen LogP contribution in [0.5, 0.6) is 0 Å². The van der Waals surface area contributed by atoms with Gasteiger partial charge in [0, 0.05) is 26.2 Å². The summed E-state index contributed by atoms with van der Waals surface area (Å²) in [5, 5.41) is 6.05. The standard InChI is InChI=1S/C15H23FN4O/c1-4-9-17-15(19-11-14(21)20(2)3)18-10-12-7-5-6-8-13(12)16/h5-8H,4,9-11H2,1-3H3,(H2,17,18,19). The molecule has 0 aliphatic heterocycles. The second kappa shape index (κ2) is 8.94. The van der Waals surface area contributed by atoms with Crippen LogP contribution in [0.2, 0.25) is 0 Å². The van der Waals surface area contributed by atoms with Crippen LogP contribution in [0.1, 0.15) is 18.9 Å². The highest BCUT2D eigenvalue weighted by molar-refractivity contribution is 5.86. The Morgan fingerprint density at radius 3 is 2.62 bits per heavy atom. The van der Waals surface area contributed by atoms with E-state index in [0.29, 0.717) is 11.5 Å². The van der Waals surface area contributed by atoms with Gasteiger partial charge < -0.3 is 15.5 Å². The largest absolute Gasteiger partial charge is 0.356 e. The van der Waals surface area contributed by atoms with Crippen LogP contribution in [-0.2, 0) is 11.3 Å². The molecule has 0 aromatic heterocycles. The lowest BCUT2D eigenvalue weighted by atomic mass is 10.2. The van der Waals surface area contributed by atoms with Gasteiger partial charge in [-0.1, -0.05) is 25.1 Å². The molecule has 0 spiro atoms. The third-order valence-electron chi connectivity index (χ3n) is 2.81. The number of hydrogen-bond acceptors (Lipinski definition) is 2. The topological polar surface area (TPSA) is 56.7 Å². The summed E-state index contributed by atoms with van der Waals surface area (Å²) in [7, 11) is 3.39. The lowest BCUT2D eigenvalue weighted by molar-refractivity contribution is -0.127. The Morgan fingerprint density at radius 1 is 1.29 bits per heavy atom. The van der Waals surface area contributed by atoms with E-state index in [1.54, 1.807) is 32.3 Å². The van der Waals surface area contributed by atoms with Crippen LogP contribution >= 0.6 is 0 Å². The molecule has 0 atom stereocenters. The lowest BCUT2D eigenvalue weighted by Crippen LogP contribution is -2.43. The van der Waals surface area contributed by atoms with Crippen molar-refractivity contribution in [2.45, 2.75) is 19.9 Å². The minimum absolute atomic E-state index is 0.0492. The Hall–Kier alpha value is -2.11. The quantitative estimate of drug-likeness (QED) is 0.615. The molecule has 0 bridgehead atoms. The Balaban J connectivity index is 2.65. The summed E-state index contributed by atoms with van der Waals surface area (Å²) in [6.45, 7) is 3.15. The van der Waals surface area contributed by atoms with Crippen molar-refractivity contribution in [1.29, 1.82) is 0 Å². The number of likely N-dealkylation sites (N-methyl/N-ethyl adjacent to an activating group) is 1. The molecule has 0 radical (unpaired) electrons. The number of hydrogen-bond donors (Lipinski definition) is 2. The molecule has 21 heavy (non-hydrogen) atoms. The second-order valence-corrected chi connectivity index (χ2v) is 4.82. The van der Waals surface area contributed by atoms with E-state index in [0.717, 1.165) is 13.0 Å². The Bertz CT molecular complexity index is 488. The molecule has 1 aromatic carbocycles. The minimum Gasteiger partial charge on any atom is -0.356 e. The number of amides is 1. The van der Waals surface area contributed by atoms with E-state index in [1.165, 1.54) is 11.0 Å². The number of aliphatic imine (C=N–C) groups is 1. The number of carbonyl (C=O) groups is 1. The van der Waals surface area contributed by atoms with Crippen LogP contribution < -0.4 is 10.6 Å². The summed E-state index contributed by atoms with van der Waals surface area (Å²) in [6.07, 6.45) is 0.933. The van der Waals surface area contributed by atoms with Gasteiger partial charge in [-0.15, -0.1) is 0 Å². The highest BCUT2D eigenvalue weighted by Gasteiger charge is 2.06. The summed E-state index contributed by atoms with van der Waals surface area (Å²) in [4.78, 5) is 17.4. The molecule has 0 aliphatic carbocycles. The fourth-order valence-electron chi connectivity index (χ4n) is 1.53. The van der Waals surface area contributed by atoms with Gasteiger partial charge in [0.25, 0.3) is 0 Å². The SMILES string of the molecule is CCCNC(=NCc1ccccc1F)NCC(=O)N(C)C. The van der Waals surface area contributed by atoms with Crippen LogP contribution in [0, 0.1) is 5.82 Å². The third kappa shape index (κ3) is 6.25. The predicted molar refractivity (Wildman–Crippen MR) is 82.5 cm³/mol. The molecule has 0 saturated heterocycles. The van der Waals surface area contributed by atoms with E-state index in [2.05, 4.69) is 15.6 Å². The minimum atomic E-state index is -0.277. The normalized spacial score (nSPS) is 11.1. The second-order valence-electron chi connectivity index (χ2n) is 4.82. The molecule has 0 heterocycles. The molecule has 0 fully saturated rings. The molecular formula is C15H23FN4O. The van der Waals surface area contributed by atoms with Crippen LogP contribution in [0.25, 0.3) is 0 Å². The van der Waals surface area contributed by atoms with E-state index in [9.17, 15) is 9.18 Å². The van der Waals surface area contributed by atoms with Gasteiger partial charge >= 0.3 is 0 Å². The first kappa shape index (κ1) is 16.9. The Morgan fingerprint density at radius 2 is 2.00 bits per heavy atom. The van der Waals surface area contributed by atoms with Crippen molar-refractivity contribution in [2.75, 3.05) is 27.2 Å². The van der Waals surface area contributed by atoms with E-state index < -0.39 is 0 Å². The first-order valence-corrected chi connectivity index (χ1v) is 7.00. The van der Waals surface area contributed by atoms with Gasteiger partial charge in [0.15, 0.2) is 5.96 Å². The molecule has 0 aliphatic rings.